The zero-order valence-electron chi connectivity index (χ0n) is 18.2. The molecular formula is C25H21F3O5. The SMILES string of the molecule is COC(=O)COc1c(C)cc(C(=O)OCc2cc(-c3cccc(F)c3F)ccc2F)cc1C. The fourth-order valence-corrected chi connectivity index (χ4v) is 3.29. The lowest BCUT2D eigenvalue weighted by molar-refractivity contribution is -0.142. The van der Waals surface area contributed by atoms with E-state index < -0.39 is 36.0 Å². The maximum absolute atomic E-state index is 14.3. The Morgan fingerprint density at radius 1 is 0.909 bits per heavy atom. The van der Waals surface area contributed by atoms with Crippen LogP contribution in [0.15, 0.2) is 48.5 Å². The lowest BCUT2D eigenvalue weighted by atomic mass is 10.0. The third-order valence-corrected chi connectivity index (χ3v) is 4.93. The van der Waals surface area contributed by atoms with Crippen LogP contribution in [-0.2, 0) is 20.9 Å². The summed E-state index contributed by atoms with van der Waals surface area (Å²) in [5, 5.41) is 0. The first-order valence-electron chi connectivity index (χ1n) is 9.92. The van der Waals surface area contributed by atoms with E-state index in [-0.39, 0.29) is 28.9 Å². The first-order chi connectivity index (χ1) is 15.7. The molecule has 0 aromatic heterocycles. The number of methoxy groups -OCH3 is 1. The summed E-state index contributed by atoms with van der Waals surface area (Å²) in [7, 11) is 1.25. The van der Waals surface area contributed by atoms with Crippen LogP contribution in [-0.4, -0.2) is 25.7 Å². The van der Waals surface area contributed by atoms with Gasteiger partial charge < -0.3 is 14.2 Å². The van der Waals surface area contributed by atoms with E-state index in [0.717, 1.165) is 12.1 Å². The number of benzene rings is 3. The average molecular weight is 458 g/mol. The highest BCUT2D eigenvalue weighted by atomic mass is 19.2. The molecule has 0 saturated carbocycles. The van der Waals surface area contributed by atoms with Crippen LogP contribution in [0.1, 0.15) is 27.0 Å². The van der Waals surface area contributed by atoms with E-state index in [1.165, 1.54) is 43.5 Å². The summed E-state index contributed by atoms with van der Waals surface area (Å²) in [5.74, 6) is -3.53. The number of esters is 2. The number of carbonyl (C=O) groups excluding carboxylic acids is 2. The summed E-state index contributed by atoms with van der Waals surface area (Å²) in [6.45, 7) is 2.72. The fraction of sp³-hybridized carbons (Fsp3) is 0.200. The van der Waals surface area contributed by atoms with Gasteiger partial charge in [-0.15, -0.1) is 0 Å². The van der Waals surface area contributed by atoms with Gasteiger partial charge in [0.25, 0.3) is 0 Å². The predicted molar refractivity (Wildman–Crippen MR) is 114 cm³/mol. The van der Waals surface area contributed by atoms with Crippen molar-refractivity contribution in [3.8, 4) is 16.9 Å². The fourth-order valence-electron chi connectivity index (χ4n) is 3.29. The number of ether oxygens (including phenoxy) is 3. The summed E-state index contributed by atoms with van der Waals surface area (Å²) in [6.07, 6.45) is 0. The van der Waals surface area contributed by atoms with E-state index in [4.69, 9.17) is 9.47 Å². The van der Waals surface area contributed by atoms with Crippen molar-refractivity contribution in [1.29, 1.82) is 0 Å². The van der Waals surface area contributed by atoms with Crippen LogP contribution in [0.2, 0.25) is 0 Å². The Hall–Kier alpha value is -3.81. The lowest BCUT2D eigenvalue weighted by Crippen LogP contribution is -2.14. The summed E-state index contributed by atoms with van der Waals surface area (Å²) >= 11 is 0. The Morgan fingerprint density at radius 2 is 1.61 bits per heavy atom. The third kappa shape index (κ3) is 5.52. The molecule has 172 valence electrons. The summed E-state index contributed by atoms with van der Waals surface area (Å²) in [5.41, 5.74) is 1.63. The molecule has 0 radical (unpaired) electrons. The molecule has 0 aliphatic rings. The maximum Gasteiger partial charge on any atom is 0.343 e. The Labute approximate surface area is 188 Å². The minimum atomic E-state index is -1.05. The van der Waals surface area contributed by atoms with Crippen LogP contribution in [0.5, 0.6) is 5.75 Å². The highest BCUT2D eigenvalue weighted by Gasteiger charge is 2.16. The van der Waals surface area contributed by atoms with E-state index >= 15 is 0 Å². The molecule has 5 nitrogen and oxygen atoms in total. The van der Waals surface area contributed by atoms with Gasteiger partial charge in [-0.25, -0.2) is 22.8 Å². The second kappa shape index (κ2) is 10.2. The molecule has 0 bridgehead atoms. The van der Waals surface area contributed by atoms with Gasteiger partial charge >= 0.3 is 11.9 Å². The van der Waals surface area contributed by atoms with Gasteiger partial charge in [-0.2, -0.15) is 0 Å². The minimum Gasteiger partial charge on any atom is -0.481 e. The number of aryl methyl sites for hydroxylation is 2. The molecule has 0 aliphatic heterocycles. The van der Waals surface area contributed by atoms with Gasteiger partial charge in [0, 0.05) is 11.1 Å². The van der Waals surface area contributed by atoms with E-state index in [1.54, 1.807) is 13.8 Å². The quantitative estimate of drug-likeness (QED) is 0.450. The second-order valence-corrected chi connectivity index (χ2v) is 7.29. The van der Waals surface area contributed by atoms with Crippen molar-refractivity contribution >= 4 is 11.9 Å². The molecule has 0 amide bonds. The molecule has 8 heteroatoms. The number of halogens is 3. The molecule has 3 aromatic rings. The zero-order valence-corrected chi connectivity index (χ0v) is 18.2. The zero-order chi connectivity index (χ0) is 24.1. The minimum absolute atomic E-state index is 0.0102. The third-order valence-electron chi connectivity index (χ3n) is 4.93. The Morgan fingerprint density at radius 3 is 2.27 bits per heavy atom. The van der Waals surface area contributed by atoms with Crippen molar-refractivity contribution in [2.45, 2.75) is 20.5 Å². The Kier molecular flexibility index (Phi) is 7.37. The van der Waals surface area contributed by atoms with E-state index in [9.17, 15) is 22.8 Å². The predicted octanol–water partition coefficient (Wildman–Crippen LogP) is 5.30. The van der Waals surface area contributed by atoms with Crippen molar-refractivity contribution in [3.05, 3.63) is 88.2 Å². The van der Waals surface area contributed by atoms with Gasteiger partial charge in [0.1, 0.15) is 18.2 Å². The normalized spacial score (nSPS) is 10.6. The van der Waals surface area contributed by atoms with Gasteiger partial charge in [0.15, 0.2) is 18.2 Å². The number of carbonyl (C=O) groups is 2. The molecular weight excluding hydrogens is 437 g/mol. The van der Waals surface area contributed by atoms with Crippen LogP contribution >= 0.6 is 0 Å². The standard InChI is InChI=1S/C25H21F3O5/c1-14-9-17(10-15(2)24(14)32-13-22(29)31-3)25(30)33-12-18-11-16(7-8-20(18)26)19-5-4-6-21(27)23(19)28/h4-11H,12-13H2,1-3H3. The molecule has 0 fully saturated rings. The van der Waals surface area contributed by atoms with Crippen LogP contribution in [0, 0.1) is 31.3 Å². The molecule has 3 aromatic carbocycles. The molecule has 0 aliphatic carbocycles. The van der Waals surface area contributed by atoms with Gasteiger partial charge in [0.05, 0.1) is 12.7 Å². The summed E-state index contributed by atoms with van der Waals surface area (Å²) in [6, 6.07) is 10.5. The van der Waals surface area contributed by atoms with Crippen LogP contribution < -0.4 is 4.74 Å². The molecule has 0 spiro atoms. The maximum atomic E-state index is 14.3. The largest absolute Gasteiger partial charge is 0.481 e. The van der Waals surface area contributed by atoms with Crippen LogP contribution in [0.25, 0.3) is 11.1 Å². The highest BCUT2D eigenvalue weighted by molar-refractivity contribution is 5.90. The van der Waals surface area contributed by atoms with E-state index in [2.05, 4.69) is 4.74 Å². The molecule has 0 unspecified atom stereocenters. The van der Waals surface area contributed by atoms with Gasteiger partial charge in [-0.3, -0.25) is 0 Å². The van der Waals surface area contributed by atoms with Crippen molar-refractivity contribution in [1.82, 2.24) is 0 Å². The Balaban J connectivity index is 1.76. The number of hydrogen-bond donors (Lipinski definition) is 0. The molecule has 33 heavy (non-hydrogen) atoms. The first-order valence-corrected chi connectivity index (χ1v) is 9.92. The summed E-state index contributed by atoms with van der Waals surface area (Å²) < 4.78 is 57.1. The van der Waals surface area contributed by atoms with Gasteiger partial charge in [-0.1, -0.05) is 18.2 Å². The molecule has 3 rings (SSSR count). The van der Waals surface area contributed by atoms with E-state index in [1.807, 2.05) is 0 Å². The Bertz CT molecular complexity index is 1180. The van der Waals surface area contributed by atoms with Crippen molar-refractivity contribution < 1.29 is 37.0 Å². The molecule has 0 N–H and O–H groups in total. The monoisotopic (exact) mass is 458 g/mol. The second-order valence-electron chi connectivity index (χ2n) is 7.29. The van der Waals surface area contributed by atoms with Crippen molar-refractivity contribution in [2.75, 3.05) is 13.7 Å². The molecule has 0 heterocycles. The topological polar surface area (TPSA) is 61.8 Å². The number of rotatable bonds is 7. The van der Waals surface area contributed by atoms with E-state index in [0.29, 0.717) is 16.9 Å². The highest BCUT2D eigenvalue weighted by Crippen LogP contribution is 2.28. The molecule has 0 saturated heterocycles. The van der Waals surface area contributed by atoms with Gasteiger partial charge in [0.2, 0.25) is 0 Å². The summed E-state index contributed by atoms with van der Waals surface area (Å²) in [4.78, 5) is 23.8. The van der Waals surface area contributed by atoms with Crippen molar-refractivity contribution in [3.63, 3.8) is 0 Å². The number of hydrogen-bond acceptors (Lipinski definition) is 5. The van der Waals surface area contributed by atoms with Crippen LogP contribution in [0.4, 0.5) is 13.2 Å². The smallest absolute Gasteiger partial charge is 0.343 e. The van der Waals surface area contributed by atoms with Crippen LogP contribution in [0.3, 0.4) is 0 Å². The average Bonchev–Trinajstić information content (AvgIpc) is 2.79. The van der Waals surface area contributed by atoms with Gasteiger partial charge in [-0.05, 0) is 60.9 Å². The first kappa shape index (κ1) is 23.8. The van der Waals surface area contributed by atoms with Crippen molar-refractivity contribution in [2.24, 2.45) is 0 Å². The molecule has 0 atom stereocenters. The lowest BCUT2D eigenvalue weighted by Gasteiger charge is -2.13.